The molecule has 0 fully saturated rings. The Morgan fingerprint density at radius 3 is 1.89 bits per heavy atom. The third kappa shape index (κ3) is 3.44. The van der Waals surface area contributed by atoms with E-state index in [1.807, 2.05) is 0 Å². The second-order valence-electron chi connectivity index (χ2n) is 6.14. The zero-order valence-corrected chi connectivity index (χ0v) is 13.0. The highest BCUT2D eigenvalue weighted by atomic mass is 32.2. The van der Waals surface area contributed by atoms with Gasteiger partial charge < -0.3 is 0 Å². The normalized spacial score (nSPS) is 14.4. The van der Waals surface area contributed by atoms with Crippen molar-refractivity contribution < 1.29 is 13.2 Å². The van der Waals surface area contributed by atoms with Crippen molar-refractivity contribution in [3.05, 3.63) is 30.3 Å². The first kappa shape index (κ1) is 15.9. The molecule has 1 aromatic carbocycles. The summed E-state index contributed by atoms with van der Waals surface area (Å²) in [6.07, 6.45) is 0. The fourth-order valence-electron chi connectivity index (χ4n) is 1.99. The monoisotopic (exact) mass is 282 g/mol. The Hall–Kier alpha value is -1.16. The van der Waals surface area contributed by atoms with Crippen molar-refractivity contribution in [2.75, 3.05) is 0 Å². The molecule has 0 bridgehead atoms. The van der Waals surface area contributed by atoms with Gasteiger partial charge in [0.15, 0.2) is 15.6 Å². The number of sulfone groups is 1. The molecule has 0 radical (unpaired) electrons. The maximum Gasteiger partial charge on any atom is 0.188 e. The molecule has 1 rings (SSSR count). The molecular weight excluding hydrogens is 260 g/mol. The molecule has 0 N–H and O–H groups in total. The molecule has 0 saturated carbocycles. The standard InChI is InChI=1S/C15H22O3S/c1-11(2)13(14(16)15(3,4)5)19(17,18)12-9-7-6-8-10-12/h6-11,13H,1-5H3. The smallest absolute Gasteiger partial charge is 0.188 e. The van der Waals surface area contributed by atoms with E-state index in [0.717, 1.165) is 0 Å². The molecule has 0 saturated heterocycles. The molecule has 0 aliphatic carbocycles. The highest BCUT2D eigenvalue weighted by Crippen LogP contribution is 2.29. The molecule has 0 amide bonds. The lowest BCUT2D eigenvalue weighted by Crippen LogP contribution is -2.41. The van der Waals surface area contributed by atoms with Gasteiger partial charge in [-0.3, -0.25) is 4.79 Å². The minimum Gasteiger partial charge on any atom is -0.298 e. The van der Waals surface area contributed by atoms with Crippen molar-refractivity contribution in [2.24, 2.45) is 11.3 Å². The lowest BCUT2D eigenvalue weighted by molar-refractivity contribution is -0.126. The van der Waals surface area contributed by atoms with Crippen LogP contribution in [-0.2, 0) is 14.6 Å². The number of hydrogen-bond donors (Lipinski definition) is 0. The highest BCUT2D eigenvalue weighted by Gasteiger charge is 2.41. The number of rotatable bonds is 4. The maximum atomic E-state index is 12.6. The van der Waals surface area contributed by atoms with Crippen molar-refractivity contribution in [1.29, 1.82) is 0 Å². The van der Waals surface area contributed by atoms with Crippen LogP contribution in [0.1, 0.15) is 34.6 Å². The van der Waals surface area contributed by atoms with Crippen molar-refractivity contribution in [1.82, 2.24) is 0 Å². The summed E-state index contributed by atoms with van der Waals surface area (Å²) in [6.45, 7) is 8.81. The zero-order chi connectivity index (χ0) is 14.8. The van der Waals surface area contributed by atoms with Gasteiger partial charge in [-0.2, -0.15) is 0 Å². The Balaban J connectivity index is 3.33. The van der Waals surface area contributed by atoms with Gasteiger partial charge in [0.2, 0.25) is 0 Å². The van der Waals surface area contributed by atoms with Crippen LogP contribution in [0, 0.1) is 11.3 Å². The van der Waals surface area contributed by atoms with E-state index in [-0.39, 0.29) is 16.6 Å². The quantitative estimate of drug-likeness (QED) is 0.852. The molecule has 106 valence electrons. The minimum absolute atomic E-state index is 0.214. The lowest BCUT2D eigenvalue weighted by atomic mass is 9.86. The summed E-state index contributed by atoms with van der Waals surface area (Å²) in [4.78, 5) is 12.7. The Morgan fingerprint density at radius 2 is 1.53 bits per heavy atom. The molecule has 0 aromatic heterocycles. The Kier molecular flexibility index (Phi) is 4.56. The number of carbonyl (C=O) groups excluding carboxylic acids is 1. The van der Waals surface area contributed by atoms with Gasteiger partial charge >= 0.3 is 0 Å². The van der Waals surface area contributed by atoms with Gasteiger partial charge in [0.05, 0.1) is 4.90 Å². The fraction of sp³-hybridized carbons (Fsp3) is 0.533. The molecule has 0 aliphatic rings. The van der Waals surface area contributed by atoms with Crippen LogP contribution in [0.3, 0.4) is 0 Å². The van der Waals surface area contributed by atoms with E-state index in [4.69, 9.17) is 0 Å². The van der Waals surface area contributed by atoms with Crippen molar-refractivity contribution in [3.63, 3.8) is 0 Å². The van der Waals surface area contributed by atoms with Gasteiger partial charge in [0.1, 0.15) is 5.25 Å². The summed E-state index contributed by atoms with van der Waals surface area (Å²) in [6, 6.07) is 8.19. The molecule has 19 heavy (non-hydrogen) atoms. The van der Waals surface area contributed by atoms with Gasteiger partial charge in [-0.1, -0.05) is 52.8 Å². The molecule has 3 nitrogen and oxygen atoms in total. The number of hydrogen-bond acceptors (Lipinski definition) is 3. The van der Waals surface area contributed by atoms with Gasteiger partial charge in [0, 0.05) is 5.41 Å². The van der Waals surface area contributed by atoms with Crippen LogP contribution in [0.25, 0.3) is 0 Å². The molecule has 1 unspecified atom stereocenters. The first-order chi connectivity index (χ1) is 8.58. The van der Waals surface area contributed by atoms with Crippen molar-refractivity contribution in [2.45, 2.75) is 44.8 Å². The van der Waals surface area contributed by atoms with Crippen LogP contribution in [-0.4, -0.2) is 19.5 Å². The predicted octanol–water partition coefficient (Wildman–Crippen LogP) is 3.10. The second-order valence-corrected chi connectivity index (χ2v) is 8.21. The number of benzene rings is 1. The summed E-state index contributed by atoms with van der Waals surface area (Å²) < 4.78 is 25.3. The van der Waals surface area contributed by atoms with E-state index in [9.17, 15) is 13.2 Å². The molecule has 0 heterocycles. The summed E-state index contributed by atoms with van der Waals surface area (Å²) in [7, 11) is -3.63. The van der Waals surface area contributed by atoms with Crippen LogP contribution in [0.4, 0.5) is 0 Å². The van der Waals surface area contributed by atoms with Crippen molar-refractivity contribution >= 4 is 15.6 Å². The molecule has 0 aliphatic heterocycles. The molecule has 1 aromatic rings. The number of ketones is 1. The summed E-state index contributed by atoms with van der Waals surface area (Å²) in [5.41, 5.74) is -0.670. The predicted molar refractivity (Wildman–Crippen MR) is 76.7 cm³/mol. The highest BCUT2D eigenvalue weighted by molar-refractivity contribution is 7.92. The molecule has 1 atom stereocenters. The van der Waals surface area contributed by atoms with Crippen LogP contribution in [0.15, 0.2) is 35.2 Å². The Labute approximate surface area is 116 Å². The average Bonchev–Trinajstić information content (AvgIpc) is 2.28. The van der Waals surface area contributed by atoms with E-state index < -0.39 is 20.5 Å². The fourth-order valence-corrected chi connectivity index (χ4v) is 4.17. The average molecular weight is 282 g/mol. The van der Waals surface area contributed by atoms with Crippen LogP contribution in [0.2, 0.25) is 0 Å². The lowest BCUT2D eigenvalue weighted by Gasteiger charge is -2.27. The zero-order valence-electron chi connectivity index (χ0n) is 12.2. The molecular formula is C15H22O3S. The third-order valence-corrected chi connectivity index (χ3v) is 5.37. The van der Waals surface area contributed by atoms with Gasteiger partial charge in [-0.05, 0) is 18.1 Å². The SMILES string of the molecule is CC(C)C(C(=O)C(C)(C)C)S(=O)(=O)c1ccccc1. The van der Waals surface area contributed by atoms with E-state index in [1.54, 1.807) is 65.0 Å². The minimum atomic E-state index is -3.63. The number of Topliss-reactive ketones (excluding diaryl/α,β-unsaturated/α-hetero) is 1. The molecule has 0 spiro atoms. The van der Waals surface area contributed by atoms with Crippen LogP contribution >= 0.6 is 0 Å². The first-order valence-corrected chi connectivity index (χ1v) is 7.96. The van der Waals surface area contributed by atoms with E-state index in [0.29, 0.717) is 0 Å². The van der Waals surface area contributed by atoms with Crippen LogP contribution in [0.5, 0.6) is 0 Å². The summed E-state index contributed by atoms with van der Waals surface area (Å²) in [5, 5.41) is -0.991. The van der Waals surface area contributed by atoms with Crippen molar-refractivity contribution in [3.8, 4) is 0 Å². The van der Waals surface area contributed by atoms with E-state index >= 15 is 0 Å². The molecule has 4 heteroatoms. The van der Waals surface area contributed by atoms with Crippen LogP contribution < -0.4 is 0 Å². The second kappa shape index (κ2) is 5.45. The van der Waals surface area contributed by atoms with Gasteiger partial charge in [-0.15, -0.1) is 0 Å². The van der Waals surface area contributed by atoms with E-state index in [2.05, 4.69) is 0 Å². The topological polar surface area (TPSA) is 51.2 Å². The first-order valence-electron chi connectivity index (χ1n) is 6.41. The Bertz CT molecular complexity index is 537. The maximum absolute atomic E-state index is 12.6. The largest absolute Gasteiger partial charge is 0.298 e. The van der Waals surface area contributed by atoms with Gasteiger partial charge in [0.25, 0.3) is 0 Å². The van der Waals surface area contributed by atoms with Gasteiger partial charge in [-0.25, -0.2) is 8.42 Å². The summed E-state index contributed by atoms with van der Waals surface area (Å²) in [5.74, 6) is -0.483. The number of carbonyl (C=O) groups is 1. The summed E-state index contributed by atoms with van der Waals surface area (Å²) >= 11 is 0. The third-order valence-electron chi connectivity index (χ3n) is 3.01. The Morgan fingerprint density at radius 1 is 1.05 bits per heavy atom. The van der Waals surface area contributed by atoms with E-state index in [1.165, 1.54) is 0 Å².